The number of rotatable bonds is 6. The second-order valence-electron chi connectivity index (χ2n) is 5.48. The van der Waals surface area contributed by atoms with Crippen LogP contribution in [-0.2, 0) is 4.79 Å². The van der Waals surface area contributed by atoms with Crippen molar-refractivity contribution < 1.29 is 14.3 Å². The average Bonchev–Trinajstić information content (AvgIpc) is 2.95. The molecule has 4 nitrogen and oxygen atoms in total. The number of hydrogen-bond acceptors (Lipinski definition) is 5. The molecule has 0 saturated carbocycles. The minimum absolute atomic E-state index is 0.137. The van der Waals surface area contributed by atoms with Crippen molar-refractivity contribution in [2.45, 2.75) is 6.92 Å². The van der Waals surface area contributed by atoms with E-state index in [4.69, 9.17) is 28.1 Å². The minimum Gasteiger partial charge on any atom is -0.490 e. The van der Waals surface area contributed by atoms with Crippen LogP contribution in [0.2, 0.25) is 0 Å². The van der Waals surface area contributed by atoms with Crippen molar-refractivity contribution in [1.29, 1.82) is 0 Å². The second kappa shape index (κ2) is 8.76. The summed E-state index contributed by atoms with van der Waals surface area (Å²) in [6.07, 6.45) is 7.05. The molecule has 0 aromatic heterocycles. The van der Waals surface area contributed by atoms with E-state index in [1.807, 2.05) is 49.4 Å². The van der Waals surface area contributed by atoms with Gasteiger partial charge >= 0.3 is 0 Å². The van der Waals surface area contributed by atoms with Gasteiger partial charge in [0, 0.05) is 0 Å². The van der Waals surface area contributed by atoms with E-state index in [1.54, 1.807) is 17.0 Å². The third-order valence-corrected chi connectivity index (χ3v) is 4.99. The van der Waals surface area contributed by atoms with Gasteiger partial charge in [-0.05, 0) is 42.8 Å². The van der Waals surface area contributed by atoms with E-state index < -0.39 is 0 Å². The summed E-state index contributed by atoms with van der Waals surface area (Å²) < 4.78 is 11.6. The van der Waals surface area contributed by atoms with Crippen molar-refractivity contribution in [3.63, 3.8) is 0 Å². The first-order valence-corrected chi connectivity index (χ1v) is 9.52. The summed E-state index contributed by atoms with van der Waals surface area (Å²) in [6.45, 7) is 2.55. The predicted molar refractivity (Wildman–Crippen MR) is 114 cm³/mol. The van der Waals surface area contributed by atoms with Gasteiger partial charge in [-0.25, -0.2) is 0 Å². The number of benzene rings is 2. The topological polar surface area (TPSA) is 38.8 Å². The number of thiocarbonyl (C=S) groups is 1. The summed E-state index contributed by atoms with van der Waals surface area (Å²) in [7, 11) is 0. The Bertz CT molecular complexity index is 932. The largest absolute Gasteiger partial charge is 0.490 e. The number of ether oxygens (including phenoxy) is 2. The number of hydrogen-bond donors (Lipinski definition) is 0. The molecule has 136 valence electrons. The fourth-order valence-electron chi connectivity index (χ4n) is 2.54. The molecule has 2 aromatic carbocycles. The molecule has 2 aromatic rings. The SMILES string of the molecule is C#CCOc1ccc(/C=C2/SC(=S)N(c3ccccc3)C2=O)cc1OCC. The van der Waals surface area contributed by atoms with Gasteiger partial charge < -0.3 is 9.47 Å². The summed E-state index contributed by atoms with van der Waals surface area (Å²) in [5, 5.41) is 0. The van der Waals surface area contributed by atoms with Gasteiger partial charge in [-0.3, -0.25) is 9.69 Å². The van der Waals surface area contributed by atoms with Crippen LogP contribution in [-0.4, -0.2) is 23.4 Å². The second-order valence-corrected chi connectivity index (χ2v) is 7.16. The summed E-state index contributed by atoms with van der Waals surface area (Å²) in [5.41, 5.74) is 1.58. The van der Waals surface area contributed by atoms with Gasteiger partial charge in [0.2, 0.25) is 0 Å². The van der Waals surface area contributed by atoms with E-state index >= 15 is 0 Å². The van der Waals surface area contributed by atoms with E-state index in [1.165, 1.54) is 11.8 Å². The molecule has 1 saturated heterocycles. The summed E-state index contributed by atoms with van der Waals surface area (Å²) >= 11 is 6.67. The van der Waals surface area contributed by atoms with Crippen molar-refractivity contribution >= 4 is 46.0 Å². The molecule has 0 radical (unpaired) electrons. The Kier molecular flexibility index (Phi) is 6.17. The molecule has 0 N–H and O–H groups in total. The van der Waals surface area contributed by atoms with Gasteiger partial charge in [0.25, 0.3) is 5.91 Å². The molecule has 1 aliphatic heterocycles. The highest BCUT2D eigenvalue weighted by Crippen LogP contribution is 2.37. The maximum atomic E-state index is 12.8. The number of terminal acetylenes is 1. The van der Waals surface area contributed by atoms with Gasteiger partial charge in [-0.15, -0.1) is 6.42 Å². The summed E-state index contributed by atoms with van der Waals surface area (Å²) in [6, 6.07) is 14.8. The van der Waals surface area contributed by atoms with Crippen LogP contribution in [0.4, 0.5) is 5.69 Å². The molecule has 0 bridgehead atoms. The number of carbonyl (C=O) groups is 1. The molecule has 0 aliphatic carbocycles. The van der Waals surface area contributed by atoms with Crippen molar-refractivity contribution in [3.8, 4) is 23.8 Å². The van der Waals surface area contributed by atoms with Crippen molar-refractivity contribution in [3.05, 3.63) is 59.0 Å². The molecule has 27 heavy (non-hydrogen) atoms. The first-order valence-electron chi connectivity index (χ1n) is 8.30. The van der Waals surface area contributed by atoms with E-state index in [0.29, 0.717) is 27.3 Å². The fraction of sp³-hybridized carbons (Fsp3) is 0.143. The molecule has 0 spiro atoms. The number of thioether (sulfide) groups is 1. The number of anilines is 1. The van der Waals surface area contributed by atoms with Crippen LogP contribution >= 0.6 is 24.0 Å². The predicted octanol–water partition coefficient (Wildman–Crippen LogP) is 4.50. The van der Waals surface area contributed by atoms with E-state index in [2.05, 4.69) is 5.92 Å². The smallest absolute Gasteiger partial charge is 0.270 e. The number of amides is 1. The minimum atomic E-state index is -0.137. The zero-order valence-electron chi connectivity index (χ0n) is 14.7. The summed E-state index contributed by atoms with van der Waals surface area (Å²) in [5.74, 6) is 3.45. The zero-order valence-corrected chi connectivity index (χ0v) is 16.3. The molecule has 1 fully saturated rings. The number of nitrogens with zero attached hydrogens (tertiary/aromatic N) is 1. The highest BCUT2D eigenvalue weighted by Gasteiger charge is 2.33. The zero-order chi connectivity index (χ0) is 19.2. The van der Waals surface area contributed by atoms with Gasteiger partial charge in [0.1, 0.15) is 6.61 Å². The van der Waals surface area contributed by atoms with E-state index in [0.717, 1.165) is 11.3 Å². The number of para-hydroxylation sites is 1. The van der Waals surface area contributed by atoms with E-state index in [9.17, 15) is 4.79 Å². The van der Waals surface area contributed by atoms with Crippen molar-refractivity contribution in [2.24, 2.45) is 0 Å². The molecule has 0 atom stereocenters. The van der Waals surface area contributed by atoms with Crippen LogP contribution in [0.5, 0.6) is 11.5 Å². The Hall–Kier alpha value is -2.75. The quantitative estimate of drug-likeness (QED) is 0.409. The van der Waals surface area contributed by atoms with Crippen LogP contribution < -0.4 is 14.4 Å². The van der Waals surface area contributed by atoms with E-state index in [-0.39, 0.29) is 12.5 Å². The standard InChI is InChI=1S/C21H17NO3S2/c1-3-12-25-17-11-10-15(13-18(17)24-4-2)14-19-20(23)22(21(26)27-19)16-8-6-5-7-9-16/h1,5-11,13-14H,4,12H2,2H3/b19-14+. The Balaban J connectivity index is 1.88. The lowest BCUT2D eigenvalue weighted by molar-refractivity contribution is -0.113. The lowest BCUT2D eigenvalue weighted by atomic mass is 10.1. The molecule has 3 rings (SSSR count). The van der Waals surface area contributed by atoms with Gasteiger partial charge in [0.15, 0.2) is 15.8 Å². The van der Waals surface area contributed by atoms with Crippen LogP contribution in [0.3, 0.4) is 0 Å². The lowest BCUT2D eigenvalue weighted by Gasteiger charge is -2.14. The molecule has 1 heterocycles. The van der Waals surface area contributed by atoms with Crippen LogP contribution in [0.1, 0.15) is 12.5 Å². The maximum Gasteiger partial charge on any atom is 0.270 e. The molecule has 1 amide bonds. The first-order chi connectivity index (χ1) is 13.1. The Morgan fingerprint density at radius 3 is 2.67 bits per heavy atom. The molecular formula is C21H17NO3S2. The lowest BCUT2D eigenvalue weighted by Crippen LogP contribution is -2.27. The monoisotopic (exact) mass is 395 g/mol. The van der Waals surface area contributed by atoms with Crippen molar-refractivity contribution in [1.82, 2.24) is 0 Å². The van der Waals surface area contributed by atoms with Crippen molar-refractivity contribution in [2.75, 3.05) is 18.1 Å². The Morgan fingerprint density at radius 2 is 1.96 bits per heavy atom. The third kappa shape index (κ3) is 4.33. The first kappa shape index (κ1) is 19.0. The molecule has 6 heteroatoms. The van der Waals surface area contributed by atoms with Crippen LogP contribution in [0.15, 0.2) is 53.4 Å². The fourth-order valence-corrected chi connectivity index (χ4v) is 3.84. The normalized spacial score (nSPS) is 15.1. The third-order valence-electron chi connectivity index (χ3n) is 3.68. The average molecular weight is 396 g/mol. The Morgan fingerprint density at radius 1 is 1.19 bits per heavy atom. The van der Waals surface area contributed by atoms with Gasteiger partial charge in [-0.1, -0.05) is 54.2 Å². The van der Waals surface area contributed by atoms with Gasteiger partial charge in [0.05, 0.1) is 17.2 Å². The molecular weight excluding hydrogens is 378 g/mol. The molecule has 0 unspecified atom stereocenters. The highest BCUT2D eigenvalue weighted by molar-refractivity contribution is 8.27. The van der Waals surface area contributed by atoms with Gasteiger partial charge in [-0.2, -0.15) is 0 Å². The highest BCUT2D eigenvalue weighted by atomic mass is 32.2. The maximum absolute atomic E-state index is 12.8. The van der Waals surface area contributed by atoms with Crippen LogP contribution in [0, 0.1) is 12.3 Å². The summed E-state index contributed by atoms with van der Waals surface area (Å²) in [4.78, 5) is 14.9. The number of carbonyl (C=O) groups excluding carboxylic acids is 1. The van der Waals surface area contributed by atoms with Crippen LogP contribution in [0.25, 0.3) is 6.08 Å². The Labute approximate surface area is 168 Å². The molecule has 1 aliphatic rings.